The first-order chi connectivity index (χ1) is 7.93. The zero-order valence-electron chi connectivity index (χ0n) is 9.51. The van der Waals surface area contributed by atoms with Crippen molar-refractivity contribution in [2.75, 3.05) is 5.88 Å². The summed E-state index contributed by atoms with van der Waals surface area (Å²) in [6, 6.07) is 3.21. The molecular formula is C11H13Cl3N2O. The highest BCUT2D eigenvalue weighted by atomic mass is 35.5. The van der Waals surface area contributed by atoms with Crippen LogP contribution in [0.1, 0.15) is 13.8 Å². The van der Waals surface area contributed by atoms with Gasteiger partial charge in [0.1, 0.15) is 11.6 Å². The number of hydrogen-bond acceptors (Lipinski definition) is 2. The molecule has 2 N–H and O–H groups in total. The van der Waals surface area contributed by atoms with Crippen molar-refractivity contribution in [1.29, 1.82) is 0 Å². The molecule has 0 spiro atoms. The Morgan fingerprint density at radius 2 is 2.00 bits per heavy atom. The van der Waals surface area contributed by atoms with E-state index in [0.717, 1.165) is 0 Å². The minimum absolute atomic E-state index is 0.0193. The summed E-state index contributed by atoms with van der Waals surface area (Å²) < 4.78 is 5.49. The molecule has 0 aliphatic rings. The number of aliphatic imine (C=N–C) groups is 1. The van der Waals surface area contributed by atoms with Crippen LogP contribution in [0.4, 0.5) is 5.69 Å². The van der Waals surface area contributed by atoms with Crippen molar-refractivity contribution in [1.82, 2.24) is 0 Å². The summed E-state index contributed by atoms with van der Waals surface area (Å²) in [6.45, 7) is 3.81. The Hall–Kier alpha value is -0.640. The molecule has 3 nitrogen and oxygen atoms in total. The maximum Gasteiger partial charge on any atom is 0.139 e. The lowest BCUT2D eigenvalue weighted by atomic mass is 10.3. The molecule has 0 saturated heterocycles. The van der Waals surface area contributed by atoms with Gasteiger partial charge in [0.25, 0.3) is 0 Å². The van der Waals surface area contributed by atoms with E-state index in [0.29, 0.717) is 21.5 Å². The van der Waals surface area contributed by atoms with Crippen LogP contribution in [0, 0.1) is 0 Å². The lowest BCUT2D eigenvalue weighted by Gasteiger charge is -2.12. The monoisotopic (exact) mass is 294 g/mol. The van der Waals surface area contributed by atoms with Crippen LogP contribution in [0.5, 0.6) is 5.75 Å². The summed E-state index contributed by atoms with van der Waals surface area (Å²) in [4.78, 5) is 4.05. The molecule has 0 aliphatic carbocycles. The third-order valence-electron chi connectivity index (χ3n) is 1.76. The van der Waals surface area contributed by atoms with Crippen molar-refractivity contribution < 1.29 is 4.74 Å². The minimum atomic E-state index is 0.0193. The first-order valence-electron chi connectivity index (χ1n) is 4.98. The van der Waals surface area contributed by atoms with Gasteiger partial charge in [-0.1, -0.05) is 23.2 Å². The lowest BCUT2D eigenvalue weighted by Crippen LogP contribution is -2.12. The smallest absolute Gasteiger partial charge is 0.139 e. The molecule has 0 bridgehead atoms. The van der Waals surface area contributed by atoms with Gasteiger partial charge < -0.3 is 10.5 Å². The summed E-state index contributed by atoms with van der Waals surface area (Å²) in [7, 11) is 0. The van der Waals surface area contributed by atoms with Crippen molar-refractivity contribution in [3.05, 3.63) is 22.2 Å². The van der Waals surface area contributed by atoms with Crippen LogP contribution in [0.25, 0.3) is 0 Å². The number of nitrogens with two attached hydrogens (primary N) is 1. The second-order valence-corrected chi connectivity index (χ2v) is 4.72. The number of hydrogen-bond donors (Lipinski definition) is 1. The van der Waals surface area contributed by atoms with Crippen LogP contribution in [0.3, 0.4) is 0 Å². The van der Waals surface area contributed by atoms with Crippen LogP contribution in [-0.2, 0) is 0 Å². The second-order valence-electron chi connectivity index (χ2n) is 3.64. The number of amidine groups is 1. The average molecular weight is 296 g/mol. The topological polar surface area (TPSA) is 47.6 Å². The zero-order valence-corrected chi connectivity index (χ0v) is 11.8. The fraction of sp³-hybridized carbons (Fsp3) is 0.364. The Labute approximate surface area is 116 Å². The SMILES string of the molecule is CC(C)Oc1cc(Cl)c(N=C(N)CCl)cc1Cl. The van der Waals surface area contributed by atoms with E-state index in [1.54, 1.807) is 12.1 Å². The molecule has 0 aromatic heterocycles. The van der Waals surface area contributed by atoms with E-state index in [9.17, 15) is 0 Å². The van der Waals surface area contributed by atoms with Gasteiger partial charge in [0.05, 0.1) is 27.7 Å². The van der Waals surface area contributed by atoms with E-state index in [1.807, 2.05) is 13.8 Å². The summed E-state index contributed by atoms with van der Waals surface area (Å²) in [5.41, 5.74) is 6.01. The number of benzene rings is 1. The molecule has 1 aromatic carbocycles. The number of alkyl halides is 1. The molecule has 0 saturated carbocycles. The van der Waals surface area contributed by atoms with Gasteiger partial charge in [-0.25, -0.2) is 4.99 Å². The number of ether oxygens (including phenoxy) is 1. The molecule has 0 amide bonds. The molecule has 0 unspecified atom stereocenters. The number of rotatable bonds is 4. The van der Waals surface area contributed by atoms with Gasteiger partial charge in [0.2, 0.25) is 0 Å². The fourth-order valence-electron chi connectivity index (χ4n) is 1.13. The van der Waals surface area contributed by atoms with Crippen molar-refractivity contribution in [3.8, 4) is 5.75 Å². The summed E-state index contributed by atoms with van der Waals surface area (Å²) >= 11 is 17.6. The first kappa shape index (κ1) is 14.4. The fourth-order valence-corrected chi connectivity index (χ4v) is 1.59. The van der Waals surface area contributed by atoms with Crippen molar-refractivity contribution in [2.45, 2.75) is 20.0 Å². The molecule has 17 heavy (non-hydrogen) atoms. The Balaban J connectivity index is 3.09. The Morgan fingerprint density at radius 1 is 1.35 bits per heavy atom. The van der Waals surface area contributed by atoms with E-state index in [1.165, 1.54) is 0 Å². The van der Waals surface area contributed by atoms with Gasteiger partial charge in [-0.05, 0) is 19.9 Å². The maximum atomic E-state index is 6.05. The Morgan fingerprint density at radius 3 is 2.53 bits per heavy atom. The largest absolute Gasteiger partial charge is 0.489 e. The van der Waals surface area contributed by atoms with Crippen molar-refractivity contribution in [2.24, 2.45) is 10.7 Å². The Kier molecular flexibility index (Phi) is 5.37. The molecule has 1 aromatic rings. The molecule has 0 aliphatic heterocycles. The van der Waals surface area contributed by atoms with Gasteiger partial charge in [0.15, 0.2) is 0 Å². The summed E-state index contributed by atoms with van der Waals surface area (Å²) in [6.07, 6.45) is 0.0193. The van der Waals surface area contributed by atoms with E-state index in [2.05, 4.69) is 4.99 Å². The van der Waals surface area contributed by atoms with E-state index in [4.69, 9.17) is 45.3 Å². The first-order valence-corrected chi connectivity index (χ1v) is 6.27. The molecule has 6 heteroatoms. The molecular weight excluding hydrogens is 282 g/mol. The van der Waals surface area contributed by atoms with E-state index in [-0.39, 0.29) is 17.8 Å². The highest BCUT2D eigenvalue weighted by molar-refractivity contribution is 6.36. The van der Waals surface area contributed by atoms with E-state index < -0.39 is 0 Å². The summed E-state index contributed by atoms with van der Waals surface area (Å²) in [5, 5.41) is 0.849. The number of nitrogens with zero attached hydrogens (tertiary/aromatic N) is 1. The third kappa shape index (κ3) is 4.26. The van der Waals surface area contributed by atoms with E-state index >= 15 is 0 Å². The maximum absolute atomic E-state index is 6.05. The van der Waals surface area contributed by atoms with Gasteiger partial charge in [-0.2, -0.15) is 0 Å². The minimum Gasteiger partial charge on any atom is -0.489 e. The van der Waals surface area contributed by atoms with Gasteiger partial charge in [-0.15, -0.1) is 11.6 Å². The van der Waals surface area contributed by atoms with Crippen LogP contribution in [-0.4, -0.2) is 17.8 Å². The summed E-state index contributed by atoms with van der Waals surface area (Å²) in [5.74, 6) is 0.940. The van der Waals surface area contributed by atoms with Crippen molar-refractivity contribution >= 4 is 46.3 Å². The lowest BCUT2D eigenvalue weighted by molar-refractivity contribution is 0.242. The standard InChI is InChI=1S/C11H13Cl3N2O/c1-6(2)17-10-4-7(13)9(3-8(10)14)16-11(15)5-12/h3-4,6H,5H2,1-2H3,(H2,15,16). The van der Waals surface area contributed by atoms with Crippen LogP contribution in [0.2, 0.25) is 10.0 Å². The zero-order chi connectivity index (χ0) is 13.0. The van der Waals surface area contributed by atoms with Crippen LogP contribution >= 0.6 is 34.8 Å². The number of halogens is 3. The highest BCUT2D eigenvalue weighted by Crippen LogP contribution is 2.36. The second kappa shape index (κ2) is 6.34. The third-order valence-corrected chi connectivity index (χ3v) is 2.64. The molecule has 0 radical (unpaired) electrons. The molecule has 0 atom stereocenters. The van der Waals surface area contributed by atoms with Gasteiger partial charge >= 0.3 is 0 Å². The average Bonchev–Trinajstić information content (AvgIpc) is 2.24. The van der Waals surface area contributed by atoms with Gasteiger partial charge in [0, 0.05) is 6.07 Å². The normalized spacial score (nSPS) is 12.0. The van der Waals surface area contributed by atoms with Crippen molar-refractivity contribution in [3.63, 3.8) is 0 Å². The predicted molar refractivity (Wildman–Crippen MR) is 74.2 cm³/mol. The molecule has 0 heterocycles. The highest BCUT2D eigenvalue weighted by Gasteiger charge is 2.09. The predicted octanol–water partition coefficient (Wildman–Crippen LogP) is 4.01. The molecule has 1 rings (SSSR count). The molecule has 94 valence electrons. The Bertz CT molecular complexity index is 433. The van der Waals surface area contributed by atoms with Crippen LogP contribution in [0.15, 0.2) is 17.1 Å². The molecule has 0 fully saturated rings. The van der Waals surface area contributed by atoms with Gasteiger partial charge in [-0.3, -0.25) is 0 Å². The van der Waals surface area contributed by atoms with Crippen LogP contribution < -0.4 is 10.5 Å². The quantitative estimate of drug-likeness (QED) is 0.518.